The molecule has 2 aromatic carbocycles. The van der Waals surface area contributed by atoms with Gasteiger partial charge in [0.15, 0.2) is 0 Å². The number of halogens is 3. The lowest BCUT2D eigenvalue weighted by atomic mass is 10.0. The summed E-state index contributed by atoms with van der Waals surface area (Å²) in [6, 6.07) is 12.4. The van der Waals surface area contributed by atoms with Crippen molar-refractivity contribution in [1.29, 1.82) is 0 Å². The molecule has 2 aromatic rings. The lowest BCUT2D eigenvalue weighted by Gasteiger charge is -2.41. The molecule has 2 unspecified atom stereocenters. The van der Waals surface area contributed by atoms with E-state index >= 15 is 0 Å². The second-order valence-electron chi connectivity index (χ2n) is 6.45. The Morgan fingerprint density at radius 1 is 0.964 bits per heavy atom. The maximum absolute atomic E-state index is 13.4. The van der Waals surface area contributed by atoms with Crippen LogP contribution in [0.25, 0.3) is 0 Å². The number of fused-ring (bicyclic) bond motifs is 1. The zero-order valence-electron chi connectivity index (χ0n) is 14.5. The van der Waals surface area contributed by atoms with Crippen molar-refractivity contribution >= 4 is 29.4 Å². The van der Waals surface area contributed by atoms with E-state index in [0.717, 1.165) is 11.0 Å². The molecule has 3 amide bonds. The van der Waals surface area contributed by atoms with Gasteiger partial charge in [0.05, 0.1) is 17.3 Å². The molecular formula is C20H15F3N2O2S. The molecule has 0 bridgehead atoms. The second-order valence-corrected chi connectivity index (χ2v) is 7.50. The molecule has 1 fully saturated rings. The number of anilines is 1. The van der Waals surface area contributed by atoms with Gasteiger partial charge in [-0.3, -0.25) is 4.79 Å². The molecule has 2 heterocycles. The number of rotatable bonds is 3. The standard InChI is InChI=1S/C20H15F3N2O2S/c21-20(22,23)15-9-5-4-6-13(15)12-24-16-10-11-28-17(16)18(26)25(19(24)27)14-7-2-1-3-8-14/h1-11,16-17H,12H2. The van der Waals surface area contributed by atoms with E-state index in [1.807, 2.05) is 0 Å². The van der Waals surface area contributed by atoms with Gasteiger partial charge in [-0.05, 0) is 29.2 Å². The van der Waals surface area contributed by atoms with Crippen LogP contribution >= 0.6 is 11.8 Å². The zero-order valence-corrected chi connectivity index (χ0v) is 15.3. The molecule has 4 rings (SSSR count). The van der Waals surface area contributed by atoms with Gasteiger partial charge >= 0.3 is 12.2 Å². The number of hydrogen-bond donors (Lipinski definition) is 0. The number of alkyl halides is 3. The highest BCUT2D eigenvalue weighted by molar-refractivity contribution is 8.03. The molecule has 0 saturated carbocycles. The molecule has 0 aliphatic carbocycles. The van der Waals surface area contributed by atoms with E-state index in [9.17, 15) is 22.8 Å². The van der Waals surface area contributed by atoms with Crippen LogP contribution in [0.5, 0.6) is 0 Å². The van der Waals surface area contributed by atoms with Crippen LogP contribution in [0.4, 0.5) is 23.7 Å². The summed E-state index contributed by atoms with van der Waals surface area (Å²) in [5.41, 5.74) is -0.385. The first-order chi connectivity index (χ1) is 13.4. The Labute approximate surface area is 163 Å². The predicted octanol–water partition coefficient (Wildman–Crippen LogP) is 4.67. The molecule has 1 saturated heterocycles. The summed E-state index contributed by atoms with van der Waals surface area (Å²) in [5.74, 6) is -0.364. The quantitative estimate of drug-likeness (QED) is 0.746. The topological polar surface area (TPSA) is 40.6 Å². The first kappa shape index (κ1) is 18.6. The molecule has 28 heavy (non-hydrogen) atoms. The number of nitrogens with zero attached hydrogens (tertiary/aromatic N) is 2. The molecule has 0 aromatic heterocycles. The van der Waals surface area contributed by atoms with Crippen LogP contribution in [0, 0.1) is 0 Å². The third kappa shape index (κ3) is 3.17. The molecule has 2 aliphatic rings. The Morgan fingerprint density at radius 3 is 2.36 bits per heavy atom. The van der Waals surface area contributed by atoms with E-state index in [4.69, 9.17) is 0 Å². The summed E-state index contributed by atoms with van der Waals surface area (Å²) in [7, 11) is 0. The molecule has 4 nitrogen and oxygen atoms in total. The van der Waals surface area contributed by atoms with Crippen molar-refractivity contribution in [1.82, 2.24) is 4.90 Å². The number of para-hydroxylation sites is 1. The van der Waals surface area contributed by atoms with Gasteiger partial charge in [-0.1, -0.05) is 42.5 Å². The zero-order chi connectivity index (χ0) is 19.9. The SMILES string of the molecule is O=C1C2SC=CC2N(Cc2ccccc2C(F)(F)F)C(=O)N1c1ccccc1. The summed E-state index contributed by atoms with van der Waals surface area (Å²) in [5, 5.41) is 1.15. The third-order valence-corrected chi connectivity index (χ3v) is 5.84. The fraction of sp³-hybridized carbons (Fsp3) is 0.200. The molecule has 2 aliphatic heterocycles. The van der Waals surface area contributed by atoms with Crippen LogP contribution in [-0.2, 0) is 17.5 Å². The van der Waals surface area contributed by atoms with Crippen molar-refractivity contribution in [3.63, 3.8) is 0 Å². The fourth-order valence-corrected chi connectivity index (χ4v) is 4.49. The van der Waals surface area contributed by atoms with E-state index in [0.29, 0.717) is 5.69 Å². The lowest BCUT2D eigenvalue weighted by Crippen LogP contribution is -2.61. The van der Waals surface area contributed by atoms with E-state index in [1.165, 1.54) is 34.9 Å². The maximum Gasteiger partial charge on any atom is 0.416 e. The fourth-order valence-electron chi connectivity index (χ4n) is 3.45. The lowest BCUT2D eigenvalue weighted by molar-refractivity contribution is -0.138. The minimum absolute atomic E-state index is 0.00485. The number of imide groups is 1. The van der Waals surface area contributed by atoms with E-state index < -0.39 is 29.1 Å². The van der Waals surface area contributed by atoms with Crippen LogP contribution in [0.2, 0.25) is 0 Å². The molecule has 0 spiro atoms. The summed E-state index contributed by atoms with van der Waals surface area (Å²) < 4.78 is 40.2. The first-order valence-corrected chi connectivity index (χ1v) is 9.49. The molecule has 8 heteroatoms. The Kier molecular flexibility index (Phi) is 4.66. The van der Waals surface area contributed by atoms with E-state index in [-0.39, 0.29) is 18.0 Å². The Bertz CT molecular complexity index is 946. The summed E-state index contributed by atoms with van der Waals surface area (Å²) in [6.45, 7) is -0.239. The predicted molar refractivity (Wildman–Crippen MR) is 101 cm³/mol. The second kappa shape index (κ2) is 7.01. The highest BCUT2D eigenvalue weighted by Crippen LogP contribution is 2.38. The van der Waals surface area contributed by atoms with Crippen LogP contribution in [0.1, 0.15) is 11.1 Å². The van der Waals surface area contributed by atoms with Crippen molar-refractivity contribution in [2.45, 2.75) is 24.0 Å². The third-order valence-electron chi connectivity index (χ3n) is 4.75. The van der Waals surface area contributed by atoms with Gasteiger partial charge in [-0.25, -0.2) is 9.69 Å². The van der Waals surface area contributed by atoms with Gasteiger partial charge in [0.1, 0.15) is 5.25 Å². The monoisotopic (exact) mass is 404 g/mol. The number of thioether (sulfide) groups is 1. The van der Waals surface area contributed by atoms with Crippen molar-refractivity contribution < 1.29 is 22.8 Å². The normalized spacial score (nSPS) is 22.0. The minimum Gasteiger partial charge on any atom is -0.311 e. The van der Waals surface area contributed by atoms with Crippen molar-refractivity contribution in [2.75, 3.05) is 4.90 Å². The molecule has 0 radical (unpaired) electrons. The van der Waals surface area contributed by atoms with Crippen LogP contribution < -0.4 is 4.90 Å². The van der Waals surface area contributed by atoms with Crippen LogP contribution in [-0.4, -0.2) is 28.1 Å². The van der Waals surface area contributed by atoms with Crippen LogP contribution in [0.3, 0.4) is 0 Å². The average Bonchev–Trinajstić information content (AvgIpc) is 3.16. The van der Waals surface area contributed by atoms with Gasteiger partial charge in [-0.2, -0.15) is 13.2 Å². The Balaban J connectivity index is 1.73. The van der Waals surface area contributed by atoms with Gasteiger partial charge in [0.2, 0.25) is 0 Å². The van der Waals surface area contributed by atoms with Gasteiger partial charge in [0, 0.05) is 6.54 Å². The van der Waals surface area contributed by atoms with Crippen molar-refractivity contribution in [3.05, 3.63) is 77.2 Å². The summed E-state index contributed by atoms with van der Waals surface area (Å²) in [4.78, 5) is 28.4. The Morgan fingerprint density at radius 2 is 1.64 bits per heavy atom. The van der Waals surface area contributed by atoms with Gasteiger partial charge in [-0.15, -0.1) is 11.8 Å². The molecule has 0 N–H and O–H groups in total. The number of carbonyl (C=O) groups excluding carboxylic acids is 2. The van der Waals surface area contributed by atoms with Gasteiger partial charge in [0.25, 0.3) is 5.91 Å². The van der Waals surface area contributed by atoms with Crippen molar-refractivity contribution in [3.8, 4) is 0 Å². The van der Waals surface area contributed by atoms with E-state index in [2.05, 4.69) is 0 Å². The van der Waals surface area contributed by atoms with E-state index in [1.54, 1.807) is 41.8 Å². The number of hydrogen-bond acceptors (Lipinski definition) is 3. The molecule has 144 valence electrons. The Hall–Kier alpha value is -2.74. The number of urea groups is 1. The number of amides is 3. The average molecular weight is 404 g/mol. The highest BCUT2D eigenvalue weighted by Gasteiger charge is 2.48. The smallest absolute Gasteiger partial charge is 0.311 e. The van der Waals surface area contributed by atoms with Crippen molar-refractivity contribution in [2.24, 2.45) is 0 Å². The largest absolute Gasteiger partial charge is 0.416 e. The van der Waals surface area contributed by atoms with Gasteiger partial charge < -0.3 is 4.90 Å². The highest BCUT2D eigenvalue weighted by atomic mass is 32.2. The molecule has 2 atom stereocenters. The number of carbonyl (C=O) groups is 2. The number of benzene rings is 2. The molecular weight excluding hydrogens is 389 g/mol. The maximum atomic E-state index is 13.4. The minimum atomic E-state index is -4.52. The summed E-state index contributed by atoms with van der Waals surface area (Å²) in [6.07, 6.45) is -2.83. The van der Waals surface area contributed by atoms with Crippen LogP contribution in [0.15, 0.2) is 66.1 Å². The summed E-state index contributed by atoms with van der Waals surface area (Å²) >= 11 is 1.27. The first-order valence-electron chi connectivity index (χ1n) is 8.55.